The zero-order chi connectivity index (χ0) is 23.9. The highest BCUT2D eigenvalue weighted by Gasteiger charge is 2.18. The molecule has 0 bridgehead atoms. The molecule has 1 aliphatic rings. The molecule has 180 valence electrons. The standard InChI is InChI=1S/C26H30FN3O3S/c1-18-24(34-26(29-18)20-6-8-21(27)9-7-20)25(31)28-17-19-4-3-5-23(16-19)33-15-12-30(2)22-10-13-32-14-11-22/h3-9,16,22H,10-15,17H2,1-2H3,(H,28,31). The lowest BCUT2D eigenvalue weighted by molar-refractivity contribution is 0.0392. The van der Waals surface area contributed by atoms with E-state index in [1.54, 1.807) is 12.1 Å². The van der Waals surface area contributed by atoms with Gasteiger partial charge in [-0.25, -0.2) is 9.37 Å². The van der Waals surface area contributed by atoms with Crippen molar-refractivity contribution in [2.45, 2.75) is 32.4 Å². The lowest BCUT2D eigenvalue weighted by Crippen LogP contribution is -2.38. The van der Waals surface area contributed by atoms with Crippen LogP contribution in [-0.4, -0.2) is 55.2 Å². The Kier molecular flexibility index (Phi) is 8.26. The predicted molar refractivity (Wildman–Crippen MR) is 132 cm³/mol. The Balaban J connectivity index is 1.28. The number of hydrogen-bond donors (Lipinski definition) is 1. The fourth-order valence-corrected chi connectivity index (χ4v) is 4.93. The summed E-state index contributed by atoms with van der Waals surface area (Å²) in [5.41, 5.74) is 2.41. The molecule has 2 heterocycles. The summed E-state index contributed by atoms with van der Waals surface area (Å²) < 4.78 is 24.6. The van der Waals surface area contributed by atoms with Gasteiger partial charge in [0.15, 0.2) is 0 Å². The Bertz CT molecular complexity index is 1100. The molecule has 4 rings (SSSR count). The van der Waals surface area contributed by atoms with E-state index in [1.807, 2.05) is 31.2 Å². The third-order valence-corrected chi connectivity index (χ3v) is 7.18. The summed E-state index contributed by atoms with van der Waals surface area (Å²) >= 11 is 1.31. The summed E-state index contributed by atoms with van der Waals surface area (Å²) in [7, 11) is 2.13. The zero-order valence-electron chi connectivity index (χ0n) is 19.6. The first kappa shape index (κ1) is 24.3. The molecule has 1 aliphatic heterocycles. The monoisotopic (exact) mass is 483 g/mol. The van der Waals surface area contributed by atoms with Crippen LogP contribution in [0.25, 0.3) is 10.6 Å². The van der Waals surface area contributed by atoms with Crippen LogP contribution in [-0.2, 0) is 11.3 Å². The molecule has 0 aliphatic carbocycles. The molecule has 0 unspecified atom stereocenters. The van der Waals surface area contributed by atoms with Gasteiger partial charge in [-0.05, 0) is 68.8 Å². The molecule has 6 nitrogen and oxygen atoms in total. The van der Waals surface area contributed by atoms with Crippen molar-refractivity contribution in [1.82, 2.24) is 15.2 Å². The van der Waals surface area contributed by atoms with Crippen LogP contribution >= 0.6 is 11.3 Å². The van der Waals surface area contributed by atoms with Crippen molar-refractivity contribution >= 4 is 17.2 Å². The van der Waals surface area contributed by atoms with E-state index in [0.717, 1.165) is 49.5 Å². The topological polar surface area (TPSA) is 63.7 Å². The summed E-state index contributed by atoms with van der Waals surface area (Å²) in [6.07, 6.45) is 2.13. The molecule has 0 radical (unpaired) electrons. The number of carbonyl (C=O) groups is 1. The molecule has 3 aromatic rings. The molecule has 0 atom stereocenters. The van der Waals surface area contributed by atoms with Crippen LogP contribution in [0.2, 0.25) is 0 Å². The third kappa shape index (κ3) is 6.40. The number of ether oxygens (including phenoxy) is 2. The van der Waals surface area contributed by atoms with Gasteiger partial charge in [0.2, 0.25) is 0 Å². The number of thiazole rings is 1. The van der Waals surface area contributed by atoms with Gasteiger partial charge in [-0.2, -0.15) is 0 Å². The second-order valence-corrected chi connectivity index (χ2v) is 9.44. The number of halogens is 1. The van der Waals surface area contributed by atoms with E-state index in [1.165, 1.54) is 23.5 Å². The first-order chi connectivity index (χ1) is 16.5. The Morgan fingerprint density at radius 2 is 2.00 bits per heavy atom. The quantitative estimate of drug-likeness (QED) is 0.479. The number of amides is 1. The number of aryl methyl sites for hydroxylation is 1. The molecule has 1 fully saturated rings. The summed E-state index contributed by atoms with van der Waals surface area (Å²) in [5.74, 6) is 0.319. The molecule has 1 saturated heterocycles. The fourth-order valence-electron chi connectivity index (χ4n) is 3.95. The van der Waals surface area contributed by atoms with E-state index < -0.39 is 0 Å². The minimum absolute atomic E-state index is 0.173. The van der Waals surface area contributed by atoms with Gasteiger partial charge in [-0.1, -0.05) is 12.1 Å². The van der Waals surface area contributed by atoms with Gasteiger partial charge in [-0.15, -0.1) is 11.3 Å². The number of nitrogens with one attached hydrogen (secondary N) is 1. The Hall–Kier alpha value is -2.81. The molecular formula is C26H30FN3O3S. The Morgan fingerprint density at radius 1 is 1.24 bits per heavy atom. The number of likely N-dealkylation sites (N-methyl/N-ethyl adjacent to an activating group) is 1. The van der Waals surface area contributed by atoms with Crippen molar-refractivity contribution in [1.29, 1.82) is 0 Å². The summed E-state index contributed by atoms with van der Waals surface area (Å²) in [6, 6.07) is 14.5. The average Bonchev–Trinajstić information content (AvgIpc) is 3.25. The molecule has 1 N–H and O–H groups in total. The average molecular weight is 484 g/mol. The highest BCUT2D eigenvalue weighted by molar-refractivity contribution is 7.17. The minimum Gasteiger partial charge on any atom is -0.492 e. The number of aromatic nitrogens is 1. The largest absolute Gasteiger partial charge is 0.492 e. The second kappa shape index (κ2) is 11.6. The van der Waals surface area contributed by atoms with E-state index in [0.29, 0.717) is 34.8 Å². The third-order valence-electron chi connectivity index (χ3n) is 5.97. The normalized spacial score (nSPS) is 14.4. The van der Waals surface area contributed by atoms with Crippen molar-refractivity contribution in [3.63, 3.8) is 0 Å². The van der Waals surface area contributed by atoms with Crippen molar-refractivity contribution in [3.05, 3.63) is 70.5 Å². The van der Waals surface area contributed by atoms with E-state index in [9.17, 15) is 9.18 Å². The van der Waals surface area contributed by atoms with Gasteiger partial charge in [0.25, 0.3) is 5.91 Å². The number of rotatable bonds is 9. The maximum absolute atomic E-state index is 13.2. The minimum atomic E-state index is -0.299. The van der Waals surface area contributed by atoms with Gasteiger partial charge >= 0.3 is 0 Å². The molecule has 1 aromatic heterocycles. The van der Waals surface area contributed by atoms with Crippen LogP contribution in [0.1, 0.15) is 33.8 Å². The van der Waals surface area contributed by atoms with Gasteiger partial charge in [-0.3, -0.25) is 9.69 Å². The van der Waals surface area contributed by atoms with Gasteiger partial charge in [0.05, 0.1) is 5.69 Å². The highest BCUT2D eigenvalue weighted by Crippen LogP contribution is 2.28. The Labute approximate surface area is 203 Å². The zero-order valence-corrected chi connectivity index (χ0v) is 20.4. The van der Waals surface area contributed by atoms with Crippen molar-refractivity contribution in [2.24, 2.45) is 0 Å². The summed E-state index contributed by atoms with van der Waals surface area (Å²) in [6.45, 7) is 5.32. The first-order valence-corrected chi connectivity index (χ1v) is 12.3. The summed E-state index contributed by atoms with van der Waals surface area (Å²) in [4.78, 5) is 20.2. The van der Waals surface area contributed by atoms with Gasteiger partial charge in [0.1, 0.15) is 28.1 Å². The van der Waals surface area contributed by atoms with Crippen LogP contribution < -0.4 is 10.1 Å². The SMILES string of the molecule is Cc1nc(-c2ccc(F)cc2)sc1C(=O)NCc1cccc(OCCN(C)C2CCOCC2)c1. The van der Waals surface area contributed by atoms with Crippen LogP contribution in [0.4, 0.5) is 4.39 Å². The fraction of sp³-hybridized carbons (Fsp3) is 0.385. The predicted octanol–water partition coefficient (Wildman–Crippen LogP) is 4.68. The van der Waals surface area contributed by atoms with Gasteiger partial charge < -0.3 is 14.8 Å². The van der Waals surface area contributed by atoms with Crippen LogP contribution in [0.3, 0.4) is 0 Å². The molecule has 1 amide bonds. The molecular weight excluding hydrogens is 453 g/mol. The lowest BCUT2D eigenvalue weighted by atomic mass is 10.1. The maximum Gasteiger partial charge on any atom is 0.263 e. The van der Waals surface area contributed by atoms with E-state index in [2.05, 4.69) is 22.2 Å². The number of hydrogen-bond acceptors (Lipinski definition) is 6. The maximum atomic E-state index is 13.2. The van der Waals surface area contributed by atoms with Crippen LogP contribution in [0.5, 0.6) is 5.75 Å². The Morgan fingerprint density at radius 3 is 2.76 bits per heavy atom. The van der Waals surface area contributed by atoms with Crippen LogP contribution in [0, 0.1) is 12.7 Å². The number of carbonyl (C=O) groups excluding carboxylic acids is 1. The number of nitrogens with zero attached hydrogens (tertiary/aromatic N) is 2. The molecule has 0 saturated carbocycles. The van der Waals surface area contributed by atoms with E-state index in [-0.39, 0.29) is 11.7 Å². The lowest BCUT2D eigenvalue weighted by Gasteiger charge is -2.31. The first-order valence-electron chi connectivity index (χ1n) is 11.5. The van der Waals surface area contributed by atoms with Crippen molar-refractivity contribution in [2.75, 3.05) is 33.4 Å². The summed E-state index contributed by atoms with van der Waals surface area (Å²) in [5, 5.41) is 3.67. The van der Waals surface area contributed by atoms with Crippen molar-refractivity contribution in [3.8, 4) is 16.3 Å². The molecule has 0 spiro atoms. The van der Waals surface area contributed by atoms with Crippen LogP contribution in [0.15, 0.2) is 48.5 Å². The second-order valence-electron chi connectivity index (χ2n) is 8.44. The number of benzene rings is 2. The highest BCUT2D eigenvalue weighted by atomic mass is 32.1. The molecule has 2 aromatic carbocycles. The molecule has 34 heavy (non-hydrogen) atoms. The van der Waals surface area contributed by atoms with E-state index >= 15 is 0 Å². The molecule has 8 heteroatoms. The smallest absolute Gasteiger partial charge is 0.263 e. The van der Waals surface area contributed by atoms with E-state index in [4.69, 9.17) is 9.47 Å². The van der Waals surface area contributed by atoms with Crippen molar-refractivity contribution < 1.29 is 18.7 Å². The van der Waals surface area contributed by atoms with Gasteiger partial charge in [0, 0.05) is 37.9 Å².